The molecule has 0 saturated heterocycles. The molecular weight excluding hydrogens is 312 g/mol. The topological polar surface area (TPSA) is 93.7 Å². The minimum Gasteiger partial charge on any atom is -0.460 e. The second-order valence-corrected chi connectivity index (χ2v) is 6.23. The zero-order valence-corrected chi connectivity index (χ0v) is 14.4. The molecule has 1 rings (SSSR count). The first kappa shape index (κ1) is 19.5. The van der Waals surface area contributed by atoms with E-state index < -0.39 is 29.6 Å². The highest BCUT2D eigenvalue weighted by Gasteiger charge is 2.21. The summed E-state index contributed by atoms with van der Waals surface area (Å²) in [7, 11) is 0. The summed E-state index contributed by atoms with van der Waals surface area (Å²) in [5, 5.41) is 4.80. The number of benzene rings is 1. The Kier molecular flexibility index (Phi) is 7.23. The van der Waals surface area contributed by atoms with Crippen molar-refractivity contribution >= 4 is 18.0 Å². The first-order chi connectivity index (χ1) is 11.2. The lowest BCUT2D eigenvalue weighted by Gasteiger charge is -2.21. The Morgan fingerprint density at radius 3 is 2.33 bits per heavy atom. The highest BCUT2D eigenvalue weighted by molar-refractivity contribution is 5.87. The third-order valence-electron chi connectivity index (χ3n) is 2.78. The number of carbonyl (C=O) groups is 3. The van der Waals surface area contributed by atoms with E-state index in [0.29, 0.717) is 0 Å². The van der Waals surface area contributed by atoms with Gasteiger partial charge < -0.3 is 20.1 Å². The van der Waals surface area contributed by atoms with Crippen molar-refractivity contribution < 1.29 is 23.9 Å². The van der Waals surface area contributed by atoms with Gasteiger partial charge in [-0.15, -0.1) is 0 Å². The summed E-state index contributed by atoms with van der Waals surface area (Å²) in [6.07, 6.45) is -0.697. The van der Waals surface area contributed by atoms with Crippen LogP contribution in [0.3, 0.4) is 0 Å². The smallest absolute Gasteiger partial charge is 0.408 e. The molecule has 0 aliphatic rings. The fraction of sp³-hybridized carbons (Fsp3) is 0.471. The number of esters is 1. The Morgan fingerprint density at radius 2 is 1.75 bits per heavy atom. The maximum Gasteiger partial charge on any atom is 0.408 e. The van der Waals surface area contributed by atoms with Crippen molar-refractivity contribution in [1.29, 1.82) is 0 Å². The van der Waals surface area contributed by atoms with Gasteiger partial charge in [0.15, 0.2) is 0 Å². The number of nitrogens with one attached hydrogen (secondary N) is 2. The molecule has 1 unspecified atom stereocenters. The van der Waals surface area contributed by atoms with E-state index in [1.54, 1.807) is 20.8 Å². The van der Waals surface area contributed by atoms with E-state index in [-0.39, 0.29) is 13.2 Å². The molecule has 0 aliphatic heterocycles. The predicted molar refractivity (Wildman–Crippen MR) is 88.1 cm³/mol. The molecule has 0 radical (unpaired) electrons. The Bertz CT molecular complexity index is 566. The van der Waals surface area contributed by atoms with Crippen molar-refractivity contribution in [1.82, 2.24) is 10.6 Å². The third-order valence-corrected chi connectivity index (χ3v) is 2.78. The predicted octanol–water partition coefficient (Wildman–Crippen LogP) is 1.76. The second-order valence-electron chi connectivity index (χ2n) is 6.23. The lowest BCUT2D eigenvalue weighted by atomic mass is 10.2. The highest BCUT2D eigenvalue weighted by atomic mass is 16.6. The van der Waals surface area contributed by atoms with Gasteiger partial charge in [0.05, 0.1) is 0 Å². The number of hydrogen-bond acceptors (Lipinski definition) is 5. The van der Waals surface area contributed by atoms with E-state index in [0.717, 1.165) is 5.56 Å². The minimum atomic E-state index is -0.832. The number of ether oxygens (including phenoxy) is 2. The van der Waals surface area contributed by atoms with Crippen molar-refractivity contribution in [3.05, 3.63) is 35.9 Å². The molecule has 7 nitrogen and oxygen atoms in total. The standard InChI is InChI=1S/C17H24N2O5/c1-12(19-16(22)24-17(2,3)4)15(21)18-10-14(20)23-11-13-8-6-5-7-9-13/h5-9,12H,10-11H2,1-4H3,(H,18,21)(H,19,22). The van der Waals surface area contributed by atoms with Crippen LogP contribution in [-0.4, -0.2) is 36.2 Å². The molecule has 2 amide bonds. The molecule has 0 heterocycles. The fourth-order valence-electron chi connectivity index (χ4n) is 1.65. The number of hydrogen-bond donors (Lipinski definition) is 2. The minimum absolute atomic E-state index is 0.140. The average molecular weight is 336 g/mol. The lowest BCUT2D eigenvalue weighted by Crippen LogP contribution is -2.47. The van der Waals surface area contributed by atoms with E-state index in [1.165, 1.54) is 6.92 Å². The molecule has 0 bridgehead atoms. The molecule has 2 N–H and O–H groups in total. The number of rotatable bonds is 6. The Morgan fingerprint density at radius 1 is 1.12 bits per heavy atom. The quantitative estimate of drug-likeness (QED) is 0.772. The van der Waals surface area contributed by atoms with Crippen LogP contribution in [0.4, 0.5) is 4.79 Å². The van der Waals surface area contributed by atoms with Crippen LogP contribution in [-0.2, 0) is 25.7 Å². The van der Waals surface area contributed by atoms with E-state index in [2.05, 4.69) is 10.6 Å². The molecule has 0 aromatic heterocycles. The molecule has 0 fully saturated rings. The SMILES string of the molecule is CC(NC(=O)OC(C)(C)C)C(=O)NCC(=O)OCc1ccccc1. The Balaban J connectivity index is 2.29. The fourth-order valence-corrected chi connectivity index (χ4v) is 1.65. The van der Waals surface area contributed by atoms with Crippen LogP contribution in [0.2, 0.25) is 0 Å². The van der Waals surface area contributed by atoms with Crippen molar-refractivity contribution in [3.63, 3.8) is 0 Å². The molecule has 1 aromatic carbocycles. The van der Waals surface area contributed by atoms with Crippen LogP contribution >= 0.6 is 0 Å². The van der Waals surface area contributed by atoms with Crippen LogP contribution in [0.5, 0.6) is 0 Å². The molecule has 24 heavy (non-hydrogen) atoms. The van der Waals surface area contributed by atoms with Gasteiger partial charge in [-0.2, -0.15) is 0 Å². The molecule has 132 valence electrons. The van der Waals surface area contributed by atoms with Gasteiger partial charge in [0.1, 0.15) is 24.8 Å². The second kappa shape index (κ2) is 8.90. The summed E-state index contributed by atoms with van der Waals surface area (Å²) in [5.41, 5.74) is 0.207. The number of amides is 2. The summed E-state index contributed by atoms with van der Waals surface area (Å²) in [6.45, 7) is 6.53. The molecule has 0 saturated carbocycles. The van der Waals surface area contributed by atoms with E-state index >= 15 is 0 Å². The molecule has 1 atom stereocenters. The molecule has 0 spiro atoms. The van der Waals surface area contributed by atoms with Gasteiger partial charge in [-0.1, -0.05) is 30.3 Å². The largest absolute Gasteiger partial charge is 0.460 e. The number of alkyl carbamates (subject to hydrolysis) is 1. The van der Waals surface area contributed by atoms with Crippen molar-refractivity contribution in [3.8, 4) is 0 Å². The molecule has 7 heteroatoms. The van der Waals surface area contributed by atoms with Crippen molar-refractivity contribution in [2.75, 3.05) is 6.54 Å². The highest BCUT2D eigenvalue weighted by Crippen LogP contribution is 2.06. The van der Waals surface area contributed by atoms with E-state index in [4.69, 9.17) is 9.47 Å². The Hall–Kier alpha value is -2.57. The van der Waals surface area contributed by atoms with Gasteiger partial charge in [0, 0.05) is 0 Å². The first-order valence-electron chi connectivity index (χ1n) is 7.64. The molecular formula is C17H24N2O5. The van der Waals surface area contributed by atoms with Gasteiger partial charge >= 0.3 is 12.1 Å². The van der Waals surface area contributed by atoms with Gasteiger partial charge in [0.25, 0.3) is 0 Å². The van der Waals surface area contributed by atoms with Crippen LogP contribution in [0, 0.1) is 0 Å². The Labute approximate surface area is 141 Å². The van der Waals surface area contributed by atoms with Crippen LogP contribution in [0.25, 0.3) is 0 Å². The summed E-state index contributed by atoms with van der Waals surface area (Å²) in [5.74, 6) is -1.06. The van der Waals surface area contributed by atoms with Crippen molar-refractivity contribution in [2.24, 2.45) is 0 Å². The first-order valence-corrected chi connectivity index (χ1v) is 7.64. The van der Waals surface area contributed by atoms with Gasteiger partial charge in [0.2, 0.25) is 5.91 Å². The van der Waals surface area contributed by atoms with Gasteiger partial charge in [-0.25, -0.2) is 4.79 Å². The normalized spacial score (nSPS) is 12.0. The number of carbonyl (C=O) groups excluding carboxylic acids is 3. The monoisotopic (exact) mass is 336 g/mol. The summed E-state index contributed by atoms with van der Waals surface area (Å²) >= 11 is 0. The van der Waals surface area contributed by atoms with Gasteiger partial charge in [-0.3, -0.25) is 9.59 Å². The summed E-state index contributed by atoms with van der Waals surface area (Å²) < 4.78 is 10.1. The van der Waals surface area contributed by atoms with E-state index in [9.17, 15) is 14.4 Å². The third kappa shape index (κ3) is 8.17. The van der Waals surface area contributed by atoms with Gasteiger partial charge in [-0.05, 0) is 33.3 Å². The zero-order chi connectivity index (χ0) is 18.2. The maximum atomic E-state index is 11.8. The molecule has 0 aliphatic carbocycles. The van der Waals surface area contributed by atoms with E-state index in [1.807, 2.05) is 30.3 Å². The summed E-state index contributed by atoms with van der Waals surface area (Å²) in [4.78, 5) is 35.0. The zero-order valence-electron chi connectivity index (χ0n) is 14.4. The van der Waals surface area contributed by atoms with Crippen LogP contribution < -0.4 is 10.6 Å². The lowest BCUT2D eigenvalue weighted by molar-refractivity contribution is -0.145. The van der Waals surface area contributed by atoms with Crippen molar-refractivity contribution in [2.45, 2.75) is 45.9 Å². The van der Waals surface area contributed by atoms with Crippen LogP contribution in [0.1, 0.15) is 33.3 Å². The molecule has 1 aromatic rings. The maximum absolute atomic E-state index is 11.8. The van der Waals surface area contributed by atoms with Crippen LogP contribution in [0.15, 0.2) is 30.3 Å². The summed E-state index contributed by atoms with van der Waals surface area (Å²) in [6, 6.07) is 8.38. The average Bonchev–Trinajstić information content (AvgIpc) is 2.49.